The lowest BCUT2D eigenvalue weighted by Gasteiger charge is -2.27. The van der Waals surface area contributed by atoms with Crippen molar-refractivity contribution < 1.29 is 22.3 Å². The molecule has 1 atom stereocenters. The van der Waals surface area contributed by atoms with Crippen LogP contribution in [0.4, 0.5) is 4.39 Å². The second-order valence-corrected chi connectivity index (χ2v) is 9.78. The molecule has 0 radical (unpaired) electrons. The van der Waals surface area contributed by atoms with Crippen LogP contribution in [0.5, 0.6) is 5.75 Å². The fraction of sp³-hybridized carbons (Fsp3) is 0.350. The van der Waals surface area contributed by atoms with Crippen LogP contribution in [0.15, 0.2) is 51.8 Å². The minimum atomic E-state index is -3.71. The summed E-state index contributed by atoms with van der Waals surface area (Å²) in [6.07, 6.45) is 1.25. The van der Waals surface area contributed by atoms with Gasteiger partial charge in [0.2, 0.25) is 15.9 Å². The predicted molar refractivity (Wildman–Crippen MR) is 111 cm³/mol. The molecule has 156 valence electrons. The smallest absolute Gasteiger partial charge is 0.242 e. The summed E-state index contributed by atoms with van der Waals surface area (Å²) in [6.45, 7) is 0.710. The van der Waals surface area contributed by atoms with Crippen molar-refractivity contribution in [3.63, 3.8) is 0 Å². The number of amides is 1. The Morgan fingerprint density at radius 2 is 2.00 bits per heavy atom. The lowest BCUT2D eigenvalue weighted by atomic mass is 10.0. The van der Waals surface area contributed by atoms with Crippen LogP contribution in [0, 0.1) is 5.82 Å². The Bertz CT molecular complexity index is 982. The average Bonchev–Trinajstić information content (AvgIpc) is 2.68. The molecule has 0 bridgehead atoms. The number of carbonyl (C=O) groups excluding carboxylic acids is 1. The zero-order valence-corrected chi connectivity index (χ0v) is 18.3. The van der Waals surface area contributed by atoms with E-state index in [9.17, 15) is 17.6 Å². The number of rotatable bonds is 7. The van der Waals surface area contributed by atoms with Gasteiger partial charge < -0.3 is 10.1 Å². The molecule has 3 rings (SSSR count). The molecule has 0 fully saturated rings. The largest absolute Gasteiger partial charge is 0.493 e. The maximum absolute atomic E-state index is 13.0. The first-order chi connectivity index (χ1) is 13.8. The molecule has 2 aromatic carbocycles. The number of hydrogen-bond donors (Lipinski definition) is 1. The third-order valence-corrected chi connectivity index (χ3v) is 7.11. The van der Waals surface area contributed by atoms with E-state index >= 15 is 0 Å². The summed E-state index contributed by atoms with van der Waals surface area (Å²) < 4.78 is 45.7. The standard InChI is InChI=1S/C20H22BrFN2O4S/c1-24(29(26,27)16-7-5-15(22)6-8-16)11-2-3-20(25)23-18-10-12-28-19-9-4-14(21)13-17(18)19/h4-9,13,18H,2-3,10-12H2,1H3,(H,23,25). The molecule has 1 unspecified atom stereocenters. The van der Waals surface area contributed by atoms with Crippen LogP contribution in [0.2, 0.25) is 0 Å². The van der Waals surface area contributed by atoms with Gasteiger partial charge in [-0.3, -0.25) is 4.79 Å². The molecule has 9 heteroatoms. The first-order valence-electron chi connectivity index (χ1n) is 9.21. The number of nitrogens with one attached hydrogen (secondary N) is 1. The molecule has 1 aliphatic heterocycles. The van der Waals surface area contributed by atoms with Gasteiger partial charge >= 0.3 is 0 Å². The molecule has 1 amide bonds. The Kier molecular flexibility index (Phi) is 6.92. The Balaban J connectivity index is 1.53. The number of ether oxygens (including phenoxy) is 1. The lowest BCUT2D eigenvalue weighted by Crippen LogP contribution is -2.33. The highest BCUT2D eigenvalue weighted by atomic mass is 79.9. The van der Waals surface area contributed by atoms with E-state index in [1.807, 2.05) is 18.2 Å². The van der Waals surface area contributed by atoms with Crippen molar-refractivity contribution in [3.8, 4) is 5.75 Å². The van der Waals surface area contributed by atoms with Crippen molar-refractivity contribution in [2.75, 3.05) is 20.2 Å². The molecule has 29 heavy (non-hydrogen) atoms. The highest BCUT2D eigenvalue weighted by Crippen LogP contribution is 2.34. The number of nitrogens with zero attached hydrogens (tertiary/aromatic N) is 1. The molecule has 1 heterocycles. The molecule has 1 aliphatic rings. The van der Waals surface area contributed by atoms with Gasteiger partial charge in [0.05, 0.1) is 17.5 Å². The average molecular weight is 485 g/mol. The minimum absolute atomic E-state index is 0.0234. The summed E-state index contributed by atoms with van der Waals surface area (Å²) in [4.78, 5) is 12.4. The fourth-order valence-corrected chi connectivity index (χ4v) is 4.74. The number of fused-ring (bicyclic) bond motifs is 1. The van der Waals surface area contributed by atoms with Gasteiger partial charge in [-0.2, -0.15) is 0 Å². The maximum Gasteiger partial charge on any atom is 0.242 e. The zero-order valence-electron chi connectivity index (χ0n) is 15.9. The van der Waals surface area contributed by atoms with Crippen molar-refractivity contribution in [1.82, 2.24) is 9.62 Å². The van der Waals surface area contributed by atoms with Crippen molar-refractivity contribution in [3.05, 3.63) is 58.3 Å². The number of halogens is 2. The van der Waals surface area contributed by atoms with E-state index in [0.717, 1.165) is 27.9 Å². The number of sulfonamides is 1. The van der Waals surface area contributed by atoms with Gasteiger partial charge in [-0.05, 0) is 48.9 Å². The van der Waals surface area contributed by atoms with Gasteiger partial charge in [-0.25, -0.2) is 17.1 Å². The second-order valence-electron chi connectivity index (χ2n) is 6.82. The third-order valence-electron chi connectivity index (χ3n) is 4.75. The van der Waals surface area contributed by atoms with Crippen LogP contribution in [0.3, 0.4) is 0 Å². The van der Waals surface area contributed by atoms with E-state index < -0.39 is 15.8 Å². The van der Waals surface area contributed by atoms with Crippen LogP contribution in [0.25, 0.3) is 0 Å². The second kappa shape index (κ2) is 9.23. The van der Waals surface area contributed by atoms with Crippen LogP contribution >= 0.6 is 15.9 Å². The summed E-state index contributed by atoms with van der Waals surface area (Å²) in [5, 5.41) is 3.00. The van der Waals surface area contributed by atoms with E-state index in [-0.39, 0.29) is 29.8 Å². The first-order valence-corrected chi connectivity index (χ1v) is 11.4. The van der Waals surface area contributed by atoms with Crippen molar-refractivity contribution in [2.24, 2.45) is 0 Å². The van der Waals surface area contributed by atoms with E-state index in [4.69, 9.17) is 4.74 Å². The van der Waals surface area contributed by atoms with Gasteiger partial charge in [0.25, 0.3) is 0 Å². The fourth-order valence-electron chi connectivity index (χ4n) is 3.15. The number of carbonyl (C=O) groups is 1. The number of hydrogen-bond acceptors (Lipinski definition) is 4. The van der Waals surface area contributed by atoms with Crippen LogP contribution in [0.1, 0.15) is 30.9 Å². The normalized spacial score (nSPS) is 16.2. The van der Waals surface area contributed by atoms with E-state index in [1.165, 1.54) is 23.5 Å². The SMILES string of the molecule is CN(CCCC(=O)NC1CCOc2ccc(Br)cc21)S(=O)(=O)c1ccc(F)cc1. The quantitative estimate of drug-likeness (QED) is 0.650. The van der Waals surface area contributed by atoms with Crippen LogP contribution < -0.4 is 10.1 Å². The zero-order chi connectivity index (χ0) is 21.0. The molecule has 0 aliphatic carbocycles. The van der Waals surface area contributed by atoms with Crippen molar-refractivity contribution in [1.29, 1.82) is 0 Å². The highest BCUT2D eigenvalue weighted by molar-refractivity contribution is 9.10. The van der Waals surface area contributed by atoms with E-state index in [0.29, 0.717) is 19.4 Å². The molecule has 0 spiro atoms. The highest BCUT2D eigenvalue weighted by Gasteiger charge is 2.24. The van der Waals surface area contributed by atoms with Gasteiger partial charge in [0.1, 0.15) is 11.6 Å². The number of benzene rings is 2. The van der Waals surface area contributed by atoms with Gasteiger partial charge in [0.15, 0.2) is 0 Å². The van der Waals surface area contributed by atoms with E-state index in [1.54, 1.807) is 0 Å². The maximum atomic E-state index is 13.0. The molecular formula is C20H22BrFN2O4S. The summed E-state index contributed by atoms with van der Waals surface area (Å²) >= 11 is 3.43. The van der Waals surface area contributed by atoms with Crippen molar-refractivity contribution in [2.45, 2.75) is 30.2 Å². The summed E-state index contributed by atoms with van der Waals surface area (Å²) in [5.41, 5.74) is 0.926. The summed E-state index contributed by atoms with van der Waals surface area (Å²) in [6, 6.07) is 10.2. The van der Waals surface area contributed by atoms with E-state index in [2.05, 4.69) is 21.2 Å². The topological polar surface area (TPSA) is 75.7 Å². The molecule has 0 aromatic heterocycles. The monoisotopic (exact) mass is 484 g/mol. The molecule has 0 saturated heterocycles. The molecule has 0 saturated carbocycles. The van der Waals surface area contributed by atoms with Crippen molar-refractivity contribution >= 4 is 31.9 Å². The Hall–Kier alpha value is -1.97. The Morgan fingerprint density at radius 3 is 2.72 bits per heavy atom. The third kappa shape index (κ3) is 5.34. The van der Waals surface area contributed by atoms with Gasteiger partial charge in [0, 0.05) is 36.5 Å². The molecular weight excluding hydrogens is 463 g/mol. The molecule has 6 nitrogen and oxygen atoms in total. The first kappa shape index (κ1) is 21.7. The Morgan fingerprint density at radius 1 is 1.28 bits per heavy atom. The lowest BCUT2D eigenvalue weighted by molar-refractivity contribution is -0.122. The minimum Gasteiger partial charge on any atom is -0.493 e. The van der Waals surface area contributed by atoms with Gasteiger partial charge in [-0.1, -0.05) is 15.9 Å². The molecule has 2 aromatic rings. The Labute approximate surface area is 178 Å². The summed E-state index contributed by atoms with van der Waals surface area (Å²) in [5.74, 6) is 0.121. The molecule has 1 N–H and O–H groups in total. The van der Waals surface area contributed by atoms with Crippen LogP contribution in [-0.4, -0.2) is 38.8 Å². The predicted octanol–water partition coefficient (Wildman–Crippen LogP) is 3.63. The van der Waals surface area contributed by atoms with Crippen LogP contribution in [-0.2, 0) is 14.8 Å². The van der Waals surface area contributed by atoms with Gasteiger partial charge in [-0.15, -0.1) is 0 Å². The summed E-state index contributed by atoms with van der Waals surface area (Å²) in [7, 11) is -2.27.